The maximum Gasteiger partial charge on any atom is 0.146 e. The standard InChI is InChI=1S/C39H42O8/c1-4-11-28-18-27-19-29-33(38(32(27)23(2)46-28)45-22-26-14-9-6-10-15-26)36(41)35-34(37(29)43-17-16-40)30-20-31(39(35,42)24(3)47-30)44-21-25-12-7-5-8-13-25/h4-10,12-15,19,23-24,28,30-31,40-42H,1,11,16-18,20-22H2,2-3H3/t23-,24?,28-,30?,31?,39?/m0/s1. The van der Waals surface area contributed by atoms with E-state index in [1.54, 1.807) is 6.92 Å². The Kier molecular flexibility index (Phi) is 8.72. The van der Waals surface area contributed by atoms with Gasteiger partial charge in [-0.3, -0.25) is 0 Å². The average molecular weight is 639 g/mol. The molecule has 1 saturated heterocycles. The first-order chi connectivity index (χ1) is 22.8. The number of aliphatic hydroxyl groups excluding tert-OH is 1. The molecule has 0 saturated carbocycles. The van der Waals surface area contributed by atoms with Crippen LogP contribution in [0.3, 0.4) is 0 Å². The molecule has 8 heteroatoms. The van der Waals surface area contributed by atoms with E-state index in [0.717, 1.165) is 22.3 Å². The van der Waals surface area contributed by atoms with Gasteiger partial charge in [0.1, 0.15) is 36.1 Å². The van der Waals surface area contributed by atoms with Crippen molar-refractivity contribution in [1.82, 2.24) is 0 Å². The zero-order valence-corrected chi connectivity index (χ0v) is 26.9. The number of fused-ring (bicyclic) bond motifs is 4. The van der Waals surface area contributed by atoms with E-state index in [0.29, 0.717) is 59.3 Å². The zero-order chi connectivity index (χ0) is 32.7. The van der Waals surface area contributed by atoms with Crippen LogP contribution in [0.25, 0.3) is 10.8 Å². The predicted molar refractivity (Wildman–Crippen MR) is 178 cm³/mol. The highest BCUT2D eigenvalue weighted by molar-refractivity contribution is 6.02. The van der Waals surface area contributed by atoms with Crippen LogP contribution < -0.4 is 9.47 Å². The molecule has 4 unspecified atom stereocenters. The molecule has 1 fully saturated rings. The predicted octanol–water partition coefficient (Wildman–Crippen LogP) is 6.71. The fourth-order valence-corrected chi connectivity index (χ4v) is 7.70. The number of hydrogen-bond donors (Lipinski definition) is 3. The van der Waals surface area contributed by atoms with E-state index < -0.39 is 23.9 Å². The first-order valence-electron chi connectivity index (χ1n) is 16.4. The molecule has 4 aliphatic rings. The Morgan fingerprint density at radius 2 is 1.64 bits per heavy atom. The highest BCUT2D eigenvalue weighted by Gasteiger charge is 2.59. The summed E-state index contributed by atoms with van der Waals surface area (Å²) in [5.41, 5.74) is 3.04. The second-order valence-electron chi connectivity index (χ2n) is 12.8. The van der Waals surface area contributed by atoms with Gasteiger partial charge in [-0.05, 0) is 49.4 Å². The summed E-state index contributed by atoms with van der Waals surface area (Å²) in [7, 11) is 0. The third-order valence-electron chi connectivity index (χ3n) is 9.81. The summed E-state index contributed by atoms with van der Waals surface area (Å²) in [6, 6.07) is 21.7. The fraction of sp³-hybridized carbons (Fsp3) is 0.385. The molecular formula is C39H42O8. The summed E-state index contributed by atoms with van der Waals surface area (Å²) in [4.78, 5) is 0. The summed E-state index contributed by atoms with van der Waals surface area (Å²) >= 11 is 0. The first-order valence-corrected chi connectivity index (χ1v) is 16.4. The van der Waals surface area contributed by atoms with Crippen LogP contribution >= 0.6 is 0 Å². The van der Waals surface area contributed by atoms with Crippen LogP contribution in [0.15, 0.2) is 79.4 Å². The summed E-state index contributed by atoms with van der Waals surface area (Å²) in [6.45, 7) is 8.09. The smallest absolute Gasteiger partial charge is 0.146 e. The fourth-order valence-electron chi connectivity index (χ4n) is 7.70. The van der Waals surface area contributed by atoms with Gasteiger partial charge in [-0.2, -0.15) is 0 Å². The van der Waals surface area contributed by atoms with Crippen LogP contribution in [0.5, 0.6) is 17.2 Å². The van der Waals surface area contributed by atoms with Crippen LogP contribution in [-0.2, 0) is 39.4 Å². The van der Waals surface area contributed by atoms with E-state index in [4.69, 9.17) is 23.7 Å². The van der Waals surface area contributed by atoms with Crippen LogP contribution in [0.1, 0.15) is 72.3 Å². The molecule has 4 aromatic carbocycles. The molecule has 0 amide bonds. The Bertz CT molecular complexity index is 1760. The van der Waals surface area contributed by atoms with E-state index in [-0.39, 0.29) is 37.8 Å². The van der Waals surface area contributed by atoms with Gasteiger partial charge < -0.3 is 39.0 Å². The molecule has 246 valence electrons. The summed E-state index contributed by atoms with van der Waals surface area (Å²) in [6.07, 6.45) is 1.29. The Labute approximate surface area is 275 Å². The van der Waals surface area contributed by atoms with Crippen LogP contribution in [0.2, 0.25) is 0 Å². The highest BCUT2D eigenvalue weighted by Crippen LogP contribution is 2.61. The number of rotatable bonds is 11. The third kappa shape index (κ3) is 5.48. The summed E-state index contributed by atoms with van der Waals surface area (Å²) in [5, 5.41) is 36.0. The normalized spacial score (nSPS) is 26.1. The van der Waals surface area contributed by atoms with Crippen molar-refractivity contribution in [3.63, 3.8) is 0 Å². The second-order valence-corrected chi connectivity index (χ2v) is 12.8. The van der Waals surface area contributed by atoms with Gasteiger partial charge in [0.05, 0.1) is 49.1 Å². The van der Waals surface area contributed by atoms with E-state index >= 15 is 0 Å². The minimum absolute atomic E-state index is 0.0246. The molecular weight excluding hydrogens is 596 g/mol. The lowest BCUT2D eigenvalue weighted by Gasteiger charge is -2.53. The molecule has 3 aliphatic heterocycles. The summed E-state index contributed by atoms with van der Waals surface area (Å²) < 4.78 is 32.2. The second kappa shape index (κ2) is 12.9. The van der Waals surface area contributed by atoms with Crippen molar-refractivity contribution >= 4 is 10.8 Å². The van der Waals surface area contributed by atoms with Crippen LogP contribution in [0, 0.1) is 0 Å². The minimum atomic E-state index is -1.70. The van der Waals surface area contributed by atoms with Gasteiger partial charge in [-0.25, -0.2) is 0 Å². The Balaban J connectivity index is 1.44. The molecule has 0 radical (unpaired) electrons. The molecule has 3 N–H and O–H groups in total. The Morgan fingerprint density at radius 1 is 0.936 bits per heavy atom. The maximum absolute atomic E-state index is 12.7. The number of aliphatic hydroxyl groups is 2. The molecule has 0 aromatic heterocycles. The van der Waals surface area contributed by atoms with Gasteiger partial charge in [0, 0.05) is 28.5 Å². The van der Waals surface area contributed by atoms with Gasteiger partial charge in [0.2, 0.25) is 0 Å². The molecule has 4 aromatic rings. The van der Waals surface area contributed by atoms with Crippen molar-refractivity contribution in [2.45, 2.75) is 82.4 Å². The van der Waals surface area contributed by atoms with Crippen molar-refractivity contribution in [1.29, 1.82) is 0 Å². The molecule has 3 heterocycles. The van der Waals surface area contributed by atoms with Gasteiger partial charge in [-0.1, -0.05) is 66.7 Å². The van der Waals surface area contributed by atoms with Gasteiger partial charge in [-0.15, -0.1) is 6.58 Å². The largest absolute Gasteiger partial charge is 0.507 e. The first kappa shape index (κ1) is 31.7. The quantitative estimate of drug-likeness (QED) is 0.156. The summed E-state index contributed by atoms with van der Waals surface area (Å²) in [5.74, 6) is 0.860. The number of phenolic OH excluding ortho intramolecular Hbond substituents is 1. The lowest BCUT2D eigenvalue weighted by Crippen LogP contribution is -2.59. The molecule has 2 bridgehead atoms. The Morgan fingerprint density at radius 3 is 2.32 bits per heavy atom. The average Bonchev–Trinajstić information content (AvgIpc) is 3.07. The van der Waals surface area contributed by atoms with Crippen LogP contribution in [-0.4, -0.2) is 46.8 Å². The van der Waals surface area contributed by atoms with Gasteiger partial charge in [0.15, 0.2) is 0 Å². The lowest BCUT2D eigenvalue weighted by molar-refractivity contribution is -0.260. The Hall–Kier alpha value is -3.92. The van der Waals surface area contributed by atoms with Crippen molar-refractivity contribution in [2.24, 2.45) is 0 Å². The van der Waals surface area contributed by atoms with E-state index in [1.807, 2.05) is 79.7 Å². The number of hydrogen-bond acceptors (Lipinski definition) is 8. The van der Waals surface area contributed by atoms with E-state index in [9.17, 15) is 15.3 Å². The topological polar surface area (TPSA) is 107 Å². The van der Waals surface area contributed by atoms with Crippen molar-refractivity contribution in [3.05, 3.63) is 113 Å². The molecule has 8 rings (SSSR count). The third-order valence-corrected chi connectivity index (χ3v) is 9.81. The lowest BCUT2D eigenvalue weighted by atomic mass is 9.68. The molecule has 0 spiro atoms. The molecule has 47 heavy (non-hydrogen) atoms. The number of ether oxygens (including phenoxy) is 5. The zero-order valence-electron chi connectivity index (χ0n) is 26.9. The maximum atomic E-state index is 12.7. The monoisotopic (exact) mass is 638 g/mol. The highest BCUT2D eigenvalue weighted by atomic mass is 16.6. The molecule has 1 aliphatic carbocycles. The van der Waals surface area contributed by atoms with Gasteiger partial charge in [0.25, 0.3) is 0 Å². The number of phenols is 1. The molecule has 6 atom stereocenters. The SMILES string of the molecule is C=CC[C@H]1Cc2cc3c(OCCO)c4c(c(O)c3c(OCc3ccccc3)c2[C@H](C)O1)C1(O)C(C)OC4CC1OCc1ccccc1. The van der Waals surface area contributed by atoms with Crippen LogP contribution in [0.4, 0.5) is 0 Å². The minimum Gasteiger partial charge on any atom is -0.507 e. The number of benzene rings is 4. The van der Waals surface area contributed by atoms with Crippen molar-refractivity contribution in [3.8, 4) is 17.2 Å². The van der Waals surface area contributed by atoms with E-state index in [1.165, 1.54) is 0 Å². The van der Waals surface area contributed by atoms with E-state index in [2.05, 4.69) is 6.58 Å². The van der Waals surface area contributed by atoms with Gasteiger partial charge >= 0.3 is 0 Å². The van der Waals surface area contributed by atoms with Crippen molar-refractivity contribution < 1.29 is 39.0 Å². The molecule has 8 nitrogen and oxygen atoms in total. The number of aromatic hydroxyl groups is 1. The van der Waals surface area contributed by atoms with Crippen molar-refractivity contribution in [2.75, 3.05) is 13.2 Å².